The van der Waals surface area contributed by atoms with Crippen molar-refractivity contribution in [1.29, 1.82) is 0 Å². The summed E-state index contributed by atoms with van der Waals surface area (Å²) in [6, 6.07) is 3.36. The van der Waals surface area contributed by atoms with E-state index in [1.165, 1.54) is 0 Å². The minimum absolute atomic E-state index is 0.221. The molecule has 0 unspecified atom stereocenters. The summed E-state index contributed by atoms with van der Waals surface area (Å²) in [5.41, 5.74) is 2.26. The Bertz CT molecular complexity index is 338. The molecule has 0 radical (unpaired) electrons. The zero-order chi connectivity index (χ0) is 10.8. The Hall–Kier alpha value is -1.00. The quantitative estimate of drug-likeness (QED) is 0.326. The molecule has 3 N–H and O–H groups in total. The normalized spacial score (nSPS) is 13.1. The van der Waals surface area contributed by atoms with Crippen molar-refractivity contribution >= 4 is 17.4 Å². The molecule has 0 bridgehead atoms. The van der Waals surface area contributed by atoms with Crippen LogP contribution in [-0.2, 0) is 0 Å². The number of rotatable bonds is 1. The van der Waals surface area contributed by atoms with Gasteiger partial charge in [-0.3, -0.25) is 4.99 Å². The van der Waals surface area contributed by atoms with Crippen molar-refractivity contribution in [2.75, 3.05) is 0 Å². The van der Waals surface area contributed by atoms with Crippen LogP contribution in [0.2, 0.25) is 5.22 Å². The van der Waals surface area contributed by atoms with E-state index in [0.29, 0.717) is 16.8 Å². The van der Waals surface area contributed by atoms with Crippen LogP contribution in [0.3, 0.4) is 0 Å². The van der Waals surface area contributed by atoms with Gasteiger partial charge in [0.25, 0.3) is 0 Å². The lowest BCUT2D eigenvalue weighted by atomic mass is 10.1. The smallest absolute Gasteiger partial charge is 0.194 e. The number of nitrogens with two attached hydrogens (primary N) is 1. The van der Waals surface area contributed by atoms with Crippen molar-refractivity contribution in [3.05, 3.63) is 23.1 Å². The second-order valence-corrected chi connectivity index (χ2v) is 4.25. The van der Waals surface area contributed by atoms with Crippen LogP contribution in [0.15, 0.2) is 21.5 Å². The van der Waals surface area contributed by atoms with Gasteiger partial charge in [-0.1, -0.05) is 0 Å². The van der Waals surface area contributed by atoms with E-state index in [-0.39, 0.29) is 5.54 Å². The third-order valence-corrected chi connectivity index (χ3v) is 1.59. The lowest BCUT2D eigenvalue weighted by Gasteiger charge is -2.14. The highest BCUT2D eigenvalue weighted by atomic mass is 35.5. The van der Waals surface area contributed by atoms with Gasteiger partial charge in [-0.25, -0.2) is 5.84 Å². The van der Waals surface area contributed by atoms with Crippen LogP contribution in [0.5, 0.6) is 0 Å². The third-order valence-electron chi connectivity index (χ3n) is 1.39. The van der Waals surface area contributed by atoms with Gasteiger partial charge >= 0.3 is 0 Å². The number of nitrogens with one attached hydrogen (secondary N) is 1. The maximum atomic E-state index is 5.64. The standard InChI is InChI=1S/C9H14ClN3O/c1-9(2,3)12-8(13-11)6-4-5-7(10)14-6/h4-5H,11H2,1-3H3,(H,12,13). The van der Waals surface area contributed by atoms with Crippen molar-refractivity contribution in [3.63, 3.8) is 0 Å². The minimum Gasteiger partial charge on any atom is -0.441 e. The van der Waals surface area contributed by atoms with Gasteiger partial charge in [0, 0.05) is 0 Å². The molecular weight excluding hydrogens is 202 g/mol. The Kier molecular flexibility index (Phi) is 3.18. The molecule has 0 saturated heterocycles. The third kappa shape index (κ3) is 3.05. The molecule has 78 valence electrons. The first-order valence-corrected chi connectivity index (χ1v) is 4.62. The van der Waals surface area contributed by atoms with Gasteiger partial charge in [-0.2, -0.15) is 0 Å². The number of hydrogen-bond acceptors (Lipinski definition) is 3. The Morgan fingerprint density at radius 2 is 2.14 bits per heavy atom. The molecule has 14 heavy (non-hydrogen) atoms. The first-order chi connectivity index (χ1) is 6.42. The molecule has 1 aromatic rings. The van der Waals surface area contributed by atoms with Crippen LogP contribution in [0, 0.1) is 0 Å². The summed E-state index contributed by atoms with van der Waals surface area (Å²) in [4.78, 5) is 4.34. The summed E-state index contributed by atoms with van der Waals surface area (Å²) in [7, 11) is 0. The van der Waals surface area contributed by atoms with Crippen LogP contribution in [-0.4, -0.2) is 11.4 Å². The van der Waals surface area contributed by atoms with Crippen LogP contribution in [0.1, 0.15) is 26.5 Å². The van der Waals surface area contributed by atoms with Crippen molar-refractivity contribution in [2.45, 2.75) is 26.3 Å². The van der Waals surface area contributed by atoms with E-state index in [0.717, 1.165) is 0 Å². The zero-order valence-electron chi connectivity index (χ0n) is 8.47. The van der Waals surface area contributed by atoms with E-state index >= 15 is 0 Å². The van der Waals surface area contributed by atoms with Crippen molar-refractivity contribution in [3.8, 4) is 0 Å². The van der Waals surface area contributed by atoms with Crippen molar-refractivity contribution in [1.82, 2.24) is 5.43 Å². The van der Waals surface area contributed by atoms with E-state index in [1.54, 1.807) is 12.1 Å². The van der Waals surface area contributed by atoms with E-state index in [1.807, 2.05) is 20.8 Å². The summed E-state index contributed by atoms with van der Waals surface area (Å²) in [5.74, 6) is 6.36. The lowest BCUT2D eigenvalue weighted by Crippen LogP contribution is -2.33. The number of furan rings is 1. The SMILES string of the molecule is CC(C)(C)N=C(NN)c1ccc(Cl)o1. The van der Waals surface area contributed by atoms with Crippen molar-refractivity contribution < 1.29 is 4.42 Å². The van der Waals surface area contributed by atoms with Crippen molar-refractivity contribution in [2.24, 2.45) is 10.8 Å². The molecule has 1 aromatic heterocycles. The average molecular weight is 216 g/mol. The largest absolute Gasteiger partial charge is 0.441 e. The maximum absolute atomic E-state index is 5.64. The minimum atomic E-state index is -0.221. The number of aliphatic imine (C=N–C) groups is 1. The molecular formula is C9H14ClN3O. The molecule has 0 aromatic carbocycles. The summed E-state index contributed by atoms with van der Waals surface area (Å²) >= 11 is 5.64. The highest BCUT2D eigenvalue weighted by Gasteiger charge is 2.13. The lowest BCUT2D eigenvalue weighted by molar-refractivity contribution is 0.542. The summed E-state index contributed by atoms with van der Waals surface area (Å²) in [5, 5.41) is 0.317. The second-order valence-electron chi connectivity index (χ2n) is 3.88. The highest BCUT2D eigenvalue weighted by Crippen LogP contribution is 2.15. The number of halogens is 1. The maximum Gasteiger partial charge on any atom is 0.194 e. The molecule has 0 fully saturated rings. The van der Waals surface area contributed by atoms with Gasteiger partial charge in [-0.15, -0.1) is 0 Å². The van der Waals surface area contributed by atoms with E-state index < -0.39 is 0 Å². The number of nitrogens with zero attached hydrogens (tertiary/aromatic N) is 1. The monoisotopic (exact) mass is 215 g/mol. The average Bonchev–Trinajstić information content (AvgIpc) is 2.46. The highest BCUT2D eigenvalue weighted by molar-refractivity contribution is 6.29. The summed E-state index contributed by atoms with van der Waals surface area (Å²) in [6.45, 7) is 5.90. The topological polar surface area (TPSA) is 63.5 Å². The van der Waals surface area contributed by atoms with Gasteiger partial charge in [0.2, 0.25) is 0 Å². The predicted octanol–water partition coefficient (Wildman–Crippen LogP) is 1.94. The van der Waals surface area contributed by atoms with Gasteiger partial charge < -0.3 is 9.84 Å². The summed E-state index contributed by atoms with van der Waals surface area (Å²) < 4.78 is 5.17. The first kappa shape index (κ1) is 11.1. The number of hydrazine groups is 1. The first-order valence-electron chi connectivity index (χ1n) is 4.24. The zero-order valence-corrected chi connectivity index (χ0v) is 9.22. The molecule has 0 spiro atoms. The molecule has 5 heteroatoms. The molecule has 0 saturated carbocycles. The molecule has 0 atom stereocenters. The fourth-order valence-corrected chi connectivity index (χ4v) is 1.08. The summed E-state index contributed by atoms with van der Waals surface area (Å²) in [6.07, 6.45) is 0. The fourth-order valence-electron chi connectivity index (χ4n) is 0.935. The van der Waals surface area contributed by atoms with E-state index in [4.69, 9.17) is 21.9 Å². The molecule has 0 aliphatic rings. The van der Waals surface area contributed by atoms with E-state index in [9.17, 15) is 0 Å². The Labute approximate surface area is 88.1 Å². The van der Waals surface area contributed by atoms with Crippen LogP contribution < -0.4 is 11.3 Å². The van der Waals surface area contributed by atoms with Gasteiger partial charge in [0.1, 0.15) is 0 Å². The molecule has 1 rings (SSSR count). The Morgan fingerprint density at radius 1 is 1.50 bits per heavy atom. The Morgan fingerprint density at radius 3 is 2.50 bits per heavy atom. The molecule has 0 aliphatic carbocycles. The van der Waals surface area contributed by atoms with Gasteiger partial charge in [-0.05, 0) is 44.5 Å². The van der Waals surface area contributed by atoms with Gasteiger partial charge in [0.15, 0.2) is 16.8 Å². The number of hydrogen-bond donors (Lipinski definition) is 2. The number of amidine groups is 1. The van der Waals surface area contributed by atoms with Gasteiger partial charge in [0.05, 0.1) is 5.54 Å². The van der Waals surface area contributed by atoms with Crippen LogP contribution in [0.25, 0.3) is 0 Å². The Balaban J connectivity index is 2.99. The molecule has 4 nitrogen and oxygen atoms in total. The fraction of sp³-hybridized carbons (Fsp3) is 0.444. The predicted molar refractivity (Wildman–Crippen MR) is 57.3 cm³/mol. The van der Waals surface area contributed by atoms with Crippen LogP contribution >= 0.6 is 11.6 Å². The second kappa shape index (κ2) is 4.02. The molecule has 1 heterocycles. The van der Waals surface area contributed by atoms with Crippen LogP contribution in [0.4, 0.5) is 0 Å². The molecule has 0 amide bonds. The molecule has 0 aliphatic heterocycles. The van der Waals surface area contributed by atoms with E-state index in [2.05, 4.69) is 10.4 Å².